The number of rotatable bonds is 20. The highest BCUT2D eigenvalue weighted by Gasteiger charge is 2.13. The molecule has 0 aliphatic heterocycles. The van der Waals surface area contributed by atoms with Gasteiger partial charge in [-0.15, -0.1) is 0 Å². The lowest BCUT2D eigenvalue weighted by Crippen LogP contribution is -2.29. The van der Waals surface area contributed by atoms with Crippen LogP contribution in [-0.4, -0.2) is 75.3 Å². The van der Waals surface area contributed by atoms with Crippen LogP contribution < -0.4 is 0 Å². The van der Waals surface area contributed by atoms with E-state index in [1.165, 1.54) is 25.7 Å². The van der Waals surface area contributed by atoms with Gasteiger partial charge in [0.2, 0.25) is 0 Å². The minimum Gasteiger partial charge on any atom is -0.394 e. The largest absolute Gasteiger partial charge is 0.394 e. The maximum atomic E-state index is 8.96. The molecule has 0 bridgehead atoms. The van der Waals surface area contributed by atoms with Crippen molar-refractivity contribution in [2.45, 2.75) is 105 Å². The third-order valence-corrected chi connectivity index (χ3v) is 4.88. The lowest BCUT2D eigenvalue weighted by Gasteiger charge is -2.22. The van der Waals surface area contributed by atoms with Crippen molar-refractivity contribution in [2.75, 3.05) is 39.6 Å². The van der Waals surface area contributed by atoms with Gasteiger partial charge in [0.25, 0.3) is 0 Å². The molecule has 0 aromatic carbocycles. The first-order valence-corrected chi connectivity index (χ1v) is 11.5. The molecule has 0 spiro atoms. The summed E-state index contributed by atoms with van der Waals surface area (Å²) in [4.78, 5) is 0. The molecule has 6 nitrogen and oxygen atoms in total. The van der Waals surface area contributed by atoms with Crippen LogP contribution in [0.2, 0.25) is 0 Å². The van der Waals surface area contributed by atoms with E-state index in [1.54, 1.807) is 0 Å². The predicted octanol–water partition coefficient (Wildman–Crippen LogP) is 4.22. The van der Waals surface area contributed by atoms with Crippen LogP contribution in [0.1, 0.15) is 74.1 Å². The van der Waals surface area contributed by atoms with Crippen molar-refractivity contribution in [1.82, 2.24) is 0 Å². The normalized spacial score (nSPS) is 18.2. The fourth-order valence-electron chi connectivity index (χ4n) is 2.64. The van der Waals surface area contributed by atoms with Gasteiger partial charge in [-0.3, -0.25) is 0 Å². The number of aliphatic hydroxyl groups excluding tert-OH is 1. The zero-order chi connectivity index (χ0) is 22.1. The molecule has 1 N–H and O–H groups in total. The molecule has 6 atom stereocenters. The zero-order valence-electron chi connectivity index (χ0n) is 20.0. The van der Waals surface area contributed by atoms with Gasteiger partial charge in [0.1, 0.15) is 0 Å². The number of unbranched alkanes of at least 4 members (excludes halogenated alkanes) is 1. The average Bonchev–Trinajstić information content (AvgIpc) is 2.72. The summed E-state index contributed by atoms with van der Waals surface area (Å²) in [5.41, 5.74) is 0. The van der Waals surface area contributed by atoms with Crippen molar-refractivity contribution in [3.05, 3.63) is 0 Å². The van der Waals surface area contributed by atoms with Crippen LogP contribution in [0.15, 0.2) is 0 Å². The van der Waals surface area contributed by atoms with E-state index in [0.717, 1.165) is 6.61 Å². The Morgan fingerprint density at radius 3 is 1.31 bits per heavy atom. The topological polar surface area (TPSA) is 66.4 Å². The molecule has 0 rings (SSSR count). The Labute approximate surface area is 179 Å². The Balaban J connectivity index is 3.81. The molecule has 6 unspecified atom stereocenters. The summed E-state index contributed by atoms with van der Waals surface area (Å²) < 4.78 is 28.8. The Bertz CT molecular complexity index is 354. The molecule has 0 aromatic rings. The van der Waals surface area contributed by atoms with E-state index >= 15 is 0 Å². The standard InChI is InChI=1S/C23H48O6/c1-8-10-11-23(9-2)17-29-22(7)16-28-21(6)15-27-20(5)14-26-19(4)13-25-18(3)12-24/h18-24H,8-17H2,1-7H3. The first-order chi connectivity index (χ1) is 13.8. The molecule has 0 amide bonds. The maximum absolute atomic E-state index is 8.96. The zero-order valence-corrected chi connectivity index (χ0v) is 20.0. The van der Waals surface area contributed by atoms with E-state index in [0.29, 0.717) is 32.3 Å². The van der Waals surface area contributed by atoms with E-state index in [2.05, 4.69) is 20.8 Å². The van der Waals surface area contributed by atoms with E-state index < -0.39 is 0 Å². The average molecular weight is 421 g/mol. The fourth-order valence-corrected chi connectivity index (χ4v) is 2.64. The first-order valence-electron chi connectivity index (χ1n) is 11.5. The maximum Gasteiger partial charge on any atom is 0.0781 e. The highest BCUT2D eigenvalue weighted by molar-refractivity contribution is 4.60. The van der Waals surface area contributed by atoms with Crippen molar-refractivity contribution in [2.24, 2.45) is 5.92 Å². The first kappa shape index (κ1) is 28.8. The molecular formula is C23H48O6. The van der Waals surface area contributed by atoms with Gasteiger partial charge in [-0.1, -0.05) is 33.1 Å². The minimum atomic E-state index is -0.164. The lowest BCUT2D eigenvalue weighted by molar-refractivity contribution is -0.0989. The Hall–Kier alpha value is -0.240. The van der Waals surface area contributed by atoms with Gasteiger partial charge in [-0.2, -0.15) is 0 Å². The second-order valence-electron chi connectivity index (χ2n) is 8.32. The summed E-state index contributed by atoms with van der Waals surface area (Å²) in [6, 6.07) is 0. The smallest absolute Gasteiger partial charge is 0.0781 e. The third kappa shape index (κ3) is 17.2. The summed E-state index contributed by atoms with van der Waals surface area (Å²) in [5, 5.41) is 8.96. The SMILES string of the molecule is CCCCC(CC)COC(C)COC(C)COC(C)COC(C)COC(C)CO. The Morgan fingerprint density at radius 1 is 0.586 bits per heavy atom. The number of hydrogen-bond acceptors (Lipinski definition) is 6. The third-order valence-electron chi connectivity index (χ3n) is 4.88. The Kier molecular flexibility index (Phi) is 18.4. The van der Waals surface area contributed by atoms with Crippen LogP contribution >= 0.6 is 0 Å². The molecule has 29 heavy (non-hydrogen) atoms. The second kappa shape index (κ2) is 18.5. The Morgan fingerprint density at radius 2 is 0.966 bits per heavy atom. The van der Waals surface area contributed by atoms with E-state index in [1.807, 2.05) is 27.7 Å². The van der Waals surface area contributed by atoms with Crippen molar-refractivity contribution in [1.29, 1.82) is 0 Å². The minimum absolute atomic E-state index is 0.0109. The molecule has 0 fully saturated rings. The van der Waals surface area contributed by atoms with E-state index in [-0.39, 0.29) is 37.1 Å². The van der Waals surface area contributed by atoms with Crippen LogP contribution in [0, 0.1) is 5.92 Å². The number of ether oxygens (including phenoxy) is 5. The van der Waals surface area contributed by atoms with Gasteiger partial charge in [-0.25, -0.2) is 0 Å². The molecule has 0 radical (unpaired) electrons. The molecule has 0 aliphatic rings. The van der Waals surface area contributed by atoms with E-state index in [4.69, 9.17) is 28.8 Å². The van der Waals surface area contributed by atoms with Gasteiger partial charge >= 0.3 is 0 Å². The molecule has 0 aliphatic carbocycles. The van der Waals surface area contributed by atoms with Gasteiger partial charge in [0, 0.05) is 6.61 Å². The van der Waals surface area contributed by atoms with Gasteiger partial charge in [0.15, 0.2) is 0 Å². The summed E-state index contributed by atoms with van der Waals surface area (Å²) in [6.45, 7) is 17.2. The van der Waals surface area contributed by atoms with E-state index in [9.17, 15) is 0 Å². The highest BCUT2D eigenvalue weighted by Crippen LogP contribution is 2.14. The second-order valence-corrected chi connectivity index (χ2v) is 8.32. The molecule has 0 saturated heterocycles. The molecule has 0 saturated carbocycles. The quantitative estimate of drug-likeness (QED) is 0.318. The highest BCUT2D eigenvalue weighted by atomic mass is 16.6. The molecule has 176 valence electrons. The number of hydrogen-bond donors (Lipinski definition) is 1. The lowest BCUT2D eigenvalue weighted by atomic mass is 10.0. The predicted molar refractivity (Wildman–Crippen MR) is 117 cm³/mol. The van der Waals surface area contributed by atoms with Crippen molar-refractivity contribution in [3.8, 4) is 0 Å². The van der Waals surface area contributed by atoms with Crippen molar-refractivity contribution in [3.63, 3.8) is 0 Å². The van der Waals surface area contributed by atoms with Gasteiger partial charge < -0.3 is 28.8 Å². The summed E-state index contributed by atoms with van der Waals surface area (Å²) in [5.74, 6) is 0.652. The van der Waals surface area contributed by atoms with Gasteiger partial charge in [-0.05, 0) is 47.0 Å². The summed E-state index contributed by atoms with van der Waals surface area (Å²) in [7, 11) is 0. The van der Waals surface area contributed by atoms with Crippen LogP contribution in [0.3, 0.4) is 0 Å². The van der Waals surface area contributed by atoms with Crippen LogP contribution in [0.4, 0.5) is 0 Å². The van der Waals surface area contributed by atoms with Gasteiger partial charge in [0.05, 0.1) is 63.6 Å². The number of aliphatic hydroxyl groups is 1. The van der Waals surface area contributed by atoms with Crippen LogP contribution in [0.25, 0.3) is 0 Å². The molecule has 0 aromatic heterocycles. The summed E-state index contributed by atoms with van der Waals surface area (Å²) >= 11 is 0. The van der Waals surface area contributed by atoms with Crippen molar-refractivity contribution < 1.29 is 28.8 Å². The fraction of sp³-hybridized carbons (Fsp3) is 1.00. The van der Waals surface area contributed by atoms with Crippen LogP contribution in [-0.2, 0) is 23.7 Å². The molecule has 0 heterocycles. The van der Waals surface area contributed by atoms with Crippen LogP contribution in [0.5, 0.6) is 0 Å². The summed E-state index contributed by atoms with van der Waals surface area (Å²) in [6.07, 6.45) is 4.82. The molecule has 6 heteroatoms. The van der Waals surface area contributed by atoms with Crippen molar-refractivity contribution >= 4 is 0 Å². The molecular weight excluding hydrogens is 372 g/mol. The monoisotopic (exact) mass is 420 g/mol.